The van der Waals surface area contributed by atoms with Crippen LogP contribution in [0.15, 0.2) is 0 Å². The Labute approximate surface area is 121 Å². The number of nitrogens with one attached hydrogen (secondary N) is 1. The molecular formula is C15H28N2O3. The second kappa shape index (κ2) is 6.31. The molecule has 5 heteroatoms. The highest BCUT2D eigenvalue weighted by molar-refractivity contribution is 5.68. The smallest absolute Gasteiger partial charge is 0.407 e. The van der Waals surface area contributed by atoms with Gasteiger partial charge in [0.05, 0.1) is 6.10 Å². The lowest BCUT2D eigenvalue weighted by atomic mass is 9.90. The molecule has 1 saturated carbocycles. The highest BCUT2D eigenvalue weighted by atomic mass is 16.6. The highest BCUT2D eigenvalue weighted by Gasteiger charge is 2.31. The molecule has 0 spiro atoms. The van der Waals surface area contributed by atoms with Crippen LogP contribution in [0.3, 0.4) is 0 Å². The summed E-state index contributed by atoms with van der Waals surface area (Å²) in [6.07, 6.45) is 4.62. The molecule has 2 aliphatic rings. The number of hydrogen-bond acceptors (Lipinski definition) is 4. The van der Waals surface area contributed by atoms with Crippen molar-refractivity contribution >= 4 is 6.09 Å². The standard InChI is InChI=1S/C15H28N2O3/c1-15(2,3)20-14(19)16-11-4-6-12(7-5-11)17-9-8-13(18)10-17/h11-13,18H,4-10H2,1-3H3,(H,16,19)/t11?,12?,13-/m1/s1. The van der Waals surface area contributed by atoms with E-state index in [4.69, 9.17) is 4.74 Å². The Morgan fingerprint density at radius 2 is 1.85 bits per heavy atom. The first-order chi connectivity index (χ1) is 9.33. The fraction of sp³-hybridized carbons (Fsp3) is 0.933. The van der Waals surface area contributed by atoms with Gasteiger partial charge in [-0.05, 0) is 52.9 Å². The summed E-state index contributed by atoms with van der Waals surface area (Å²) in [5.41, 5.74) is -0.438. The van der Waals surface area contributed by atoms with Gasteiger partial charge in [0.1, 0.15) is 5.60 Å². The summed E-state index contributed by atoms with van der Waals surface area (Å²) in [5.74, 6) is 0. The van der Waals surface area contributed by atoms with Crippen molar-refractivity contribution in [1.82, 2.24) is 10.2 Å². The molecule has 0 radical (unpaired) electrons. The molecule has 0 bridgehead atoms. The van der Waals surface area contributed by atoms with Gasteiger partial charge < -0.3 is 15.2 Å². The predicted octanol–water partition coefficient (Wildman–Crippen LogP) is 1.89. The predicted molar refractivity (Wildman–Crippen MR) is 77.6 cm³/mol. The molecule has 0 aromatic carbocycles. The van der Waals surface area contributed by atoms with E-state index in [2.05, 4.69) is 10.2 Å². The van der Waals surface area contributed by atoms with Crippen LogP contribution < -0.4 is 5.32 Å². The van der Waals surface area contributed by atoms with Gasteiger partial charge in [0.25, 0.3) is 0 Å². The van der Waals surface area contributed by atoms with Gasteiger partial charge in [-0.3, -0.25) is 4.90 Å². The van der Waals surface area contributed by atoms with Crippen molar-refractivity contribution in [2.45, 2.75) is 76.7 Å². The van der Waals surface area contributed by atoms with Gasteiger partial charge in [-0.2, -0.15) is 0 Å². The normalized spacial score (nSPS) is 32.1. The summed E-state index contributed by atoms with van der Waals surface area (Å²) in [4.78, 5) is 14.1. The molecule has 1 atom stereocenters. The van der Waals surface area contributed by atoms with E-state index < -0.39 is 5.60 Å². The number of carbonyl (C=O) groups excluding carboxylic acids is 1. The largest absolute Gasteiger partial charge is 0.444 e. The summed E-state index contributed by atoms with van der Waals surface area (Å²) in [5, 5.41) is 12.6. The van der Waals surface area contributed by atoms with Gasteiger partial charge in [0.2, 0.25) is 0 Å². The van der Waals surface area contributed by atoms with Crippen LogP contribution >= 0.6 is 0 Å². The average molecular weight is 284 g/mol. The topological polar surface area (TPSA) is 61.8 Å². The van der Waals surface area contributed by atoms with Crippen molar-refractivity contribution in [3.63, 3.8) is 0 Å². The van der Waals surface area contributed by atoms with E-state index in [0.717, 1.165) is 45.2 Å². The monoisotopic (exact) mass is 284 g/mol. The van der Waals surface area contributed by atoms with Crippen molar-refractivity contribution in [1.29, 1.82) is 0 Å². The Kier molecular flexibility index (Phi) is 4.91. The summed E-state index contributed by atoms with van der Waals surface area (Å²) in [6.45, 7) is 7.46. The van der Waals surface area contributed by atoms with Gasteiger partial charge in [-0.15, -0.1) is 0 Å². The van der Waals surface area contributed by atoms with E-state index in [1.807, 2.05) is 20.8 Å². The number of alkyl carbamates (subject to hydrolysis) is 1. The Morgan fingerprint density at radius 1 is 1.20 bits per heavy atom. The molecule has 1 aliphatic heterocycles. The third-order valence-electron chi connectivity index (χ3n) is 4.13. The second-order valence-electron chi connectivity index (χ2n) is 7.09. The van der Waals surface area contributed by atoms with E-state index in [0.29, 0.717) is 6.04 Å². The van der Waals surface area contributed by atoms with Crippen LogP contribution in [0.4, 0.5) is 4.79 Å². The van der Waals surface area contributed by atoms with Crippen molar-refractivity contribution in [3.8, 4) is 0 Å². The van der Waals surface area contributed by atoms with Crippen LogP contribution in [0, 0.1) is 0 Å². The molecule has 20 heavy (non-hydrogen) atoms. The average Bonchev–Trinajstić information content (AvgIpc) is 2.74. The van der Waals surface area contributed by atoms with Gasteiger partial charge in [-0.1, -0.05) is 0 Å². The zero-order valence-corrected chi connectivity index (χ0v) is 12.9. The summed E-state index contributed by atoms with van der Waals surface area (Å²) in [6, 6.07) is 0.803. The van der Waals surface area contributed by atoms with Crippen molar-refractivity contribution in [3.05, 3.63) is 0 Å². The maximum Gasteiger partial charge on any atom is 0.407 e. The van der Waals surface area contributed by atoms with E-state index in [1.54, 1.807) is 0 Å². The van der Waals surface area contributed by atoms with E-state index in [9.17, 15) is 9.90 Å². The molecule has 5 nitrogen and oxygen atoms in total. The fourth-order valence-electron chi connectivity index (χ4n) is 3.16. The maximum absolute atomic E-state index is 11.7. The number of rotatable bonds is 2. The SMILES string of the molecule is CC(C)(C)OC(=O)NC1CCC(N2CC[C@@H](O)C2)CC1. The Balaban J connectivity index is 1.70. The molecule has 116 valence electrons. The summed E-state index contributed by atoms with van der Waals surface area (Å²) >= 11 is 0. The zero-order chi connectivity index (χ0) is 14.8. The van der Waals surface area contributed by atoms with Crippen LogP contribution in [-0.2, 0) is 4.74 Å². The van der Waals surface area contributed by atoms with Crippen molar-refractivity contribution in [2.24, 2.45) is 0 Å². The molecule has 1 aliphatic carbocycles. The highest BCUT2D eigenvalue weighted by Crippen LogP contribution is 2.26. The number of likely N-dealkylation sites (tertiary alicyclic amines) is 1. The number of carbonyl (C=O) groups is 1. The van der Waals surface area contributed by atoms with Gasteiger partial charge in [0.15, 0.2) is 0 Å². The summed E-state index contributed by atoms with van der Waals surface area (Å²) < 4.78 is 5.29. The van der Waals surface area contributed by atoms with Gasteiger partial charge >= 0.3 is 6.09 Å². The zero-order valence-electron chi connectivity index (χ0n) is 12.9. The second-order valence-corrected chi connectivity index (χ2v) is 7.09. The number of β-amino-alcohol motifs (C(OH)–C–C–N with tert-alkyl or cyclic N) is 1. The lowest BCUT2D eigenvalue weighted by Gasteiger charge is -2.35. The molecule has 0 aromatic heterocycles. The minimum absolute atomic E-state index is 0.146. The van der Waals surface area contributed by atoms with Crippen molar-refractivity contribution < 1.29 is 14.6 Å². The molecule has 2 fully saturated rings. The number of aliphatic hydroxyl groups is 1. The molecule has 1 amide bonds. The number of amides is 1. The van der Waals surface area contributed by atoms with Crippen molar-refractivity contribution in [2.75, 3.05) is 13.1 Å². The van der Waals surface area contributed by atoms with Crippen LogP contribution in [-0.4, -0.2) is 53.0 Å². The fourth-order valence-corrected chi connectivity index (χ4v) is 3.16. The molecule has 1 saturated heterocycles. The lowest BCUT2D eigenvalue weighted by Crippen LogP contribution is -2.44. The third-order valence-corrected chi connectivity index (χ3v) is 4.13. The van der Waals surface area contributed by atoms with Gasteiger partial charge in [-0.25, -0.2) is 4.79 Å². The minimum atomic E-state index is -0.438. The molecule has 2 rings (SSSR count). The van der Waals surface area contributed by atoms with Crippen LogP contribution in [0.2, 0.25) is 0 Å². The van der Waals surface area contributed by atoms with E-state index in [-0.39, 0.29) is 18.2 Å². The van der Waals surface area contributed by atoms with E-state index in [1.165, 1.54) is 0 Å². The summed E-state index contributed by atoms with van der Waals surface area (Å²) in [7, 11) is 0. The Hall–Kier alpha value is -0.810. The Morgan fingerprint density at radius 3 is 2.35 bits per heavy atom. The molecule has 1 heterocycles. The quantitative estimate of drug-likeness (QED) is 0.813. The third kappa shape index (κ3) is 4.63. The maximum atomic E-state index is 11.7. The van der Waals surface area contributed by atoms with E-state index >= 15 is 0 Å². The Bertz CT molecular complexity index is 333. The van der Waals surface area contributed by atoms with Crippen LogP contribution in [0.1, 0.15) is 52.9 Å². The molecule has 0 aromatic rings. The minimum Gasteiger partial charge on any atom is -0.444 e. The first kappa shape index (κ1) is 15.6. The van der Waals surface area contributed by atoms with Gasteiger partial charge in [0, 0.05) is 25.2 Å². The number of ether oxygens (including phenoxy) is 1. The number of aliphatic hydroxyl groups excluding tert-OH is 1. The molecular weight excluding hydrogens is 256 g/mol. The number of hydrogen-bond donors (Lipinski definition) is 2. The molecule has 0 unspecified atom stereocenters. The first-order valence-corrected chi connectivity index (χ1v) is 7.75. The van der Waals surface area contributed by atoms with Crippen LogP contribution in [0.25, 0.3) is 0 Å². The number of nitrogens with zero attached hydrogens (tertiary/aromatic N) is 1. The lowest BCUT2D eigenvalue weighted by molar-refractivity contribution is 0.0478. The van der Waals surface area contributed by atoms with Crippen LogP contribution in [0.5, 0.6) is 0 Å². The first-order valence-electron chi connectivity index (χ1n) is 7.75. The molecule has 2 N–H and O–H groups in total.